The number of hydrogen-bond donors (Lipinski definition) is 0. The third kappa shape index (κ3) is 2.90. The van der Waals surface area contributed by atoms with Crippen LogP contribution >= 0.6 is 11.3 Å². The summed E-state index contributed by atoms with van der Waals surface area (Å²) in [6.07, 6.45) is 0. The molecular weight excluding hydrogens is 334 g/mol. The first-order valence-corrected chi connectivity index (χ1v) is 8.77. The molecule has 0 fully saturated rings. The fraction of sp³-hybridized carbons (Fsp3) is 0.250. The van der Waals surface area contributed by atoms with Gasteiger partial charge in [0.1, 0.15) is 0 Å². The van der Waals surface area contributed by atoms with Gasteiger partial charge in [0.2, 0.25) is 10.9 Å². The van der Waals surface area contributed by atoms with Crippen LogP contribution in [0.3, 0.4) is 0 Å². The Morgan fingerprint density at radius 3 is 2.20 bits per heavy atom. The Labute approximate surface area is 149 Å². The first-order chi connectivity index (χ1) is 11.7. The number of rotatable bonds is 3. The zero-order valence-corrected chi connectivity index (χ0v) is 15.4. The molecule has 3 aromatic rings. The van der Waals surface area contributed by atoms with E-state index >= 15 is 0 Å². The SMILES string of the molecule is CN(C)C(C)(C)C(=O)c1ccc2sc3ccccc3c(=O)c(=O)c2c1. The highest BCUT2D eigenvalue weighted by Crippen LogP contribution is 2.25. The molecule has 1 aromatic heterocycles. The van der Waals surface area contributed by atoms with Crippen molar-refractivity contribution in [3.8, 4) is 0 Å². The van der Waals surface area contributed by atoms with Crippen LogP contribution in [0.2, 0.25) is 0 Å². The molecule has 0 atom stereocenters. The van der Waals surface area contributed by atoms with Crippen molar-refractivity contribution in [2.45, 2.75) is 19.4 Å². The van der Waals surface area contributed by atoms with Crippen LogP contribution in [-0.2, 0) is 0 Å². The molecule has 128 valence electrons. The summed E-state index contributed by atoms with van der Waals surface area (Å²) in [5.74, 6) is -0.0905. The Bertz CT molecular complexity index is 1110. The normalized spacial score (nSPS) is 12.0. The van der Waals surface area contributed by atoms with Crippen molar-refractivity contribution < 1.29 is 4.79 Å². The monoisotopic (exact) mass is 353 g/mol. The summed E-state index contributed by atoms with van der Waals surface area (Å²) in [5, 5.41) is 0.710. The van der Waals surface area contributed by atoms with Crippen LogP contribution in [0.4, 0.5) is 0 Å². The van der Waals surface area contributed by atoms with E-state index in [0.29, 0.717) is 21.0 Å². The van der Waals surface area contributed by atoms with E-state index in [9.17, 15) is 14.4 Å². The third-order valence-corrected chi connectivity index (χ3v) is 5.87. The van der Waals surface area contributed by atoms with E-state index < -0.39 is 16.4 Å². The Hall–Kier alpha value is -2.37. The Balaban J connectivity index is 2.34. The maximum absolute atomic E-state index is 12.8. The summed E-state index contributed by atoms with van der Waals surface area (Å²) in [6.45, 7) is 3.66. The molecule has 0 unspecified atom stereocenters. The van der Waals surface area contributed by atoms with Gasteiger partial charge in [0.05, 0.1) is 5.54 Å². The quantitative estimate of drug-likeness (QED) is 0.535. The summed E-state index contributed by atoms with van der Waals surface area (Å²) in [4.78, 5) is 39.9. The van der Waals surface area contributed by atoms with Gasteiger partial charge < -0.3 is 0 Å². The lowest BCUT2D eigenvalue weighted by Crippen LogP contribution is -2.45. The van der Waals surface area contributed by atoms with Crippen molar-refractivity contribution >= 4 is 37.3 Å². The minimum atomic E-state index is -0.706. The van der Waals surface area contributed by atoms with Gasteiger partial charge in [-0.2, -0.15) is 0 Å². The highest BCUT2D eigenvalue weighted by Gasteiger charge is 2.31. The van der Waals surface area contributed by atoms with Crippen molar-refractivity contribution in [2.24, 2.45) is 0 Å². The second kappa shape index (κ2) is 6.17. The van der Waals surface area contributed by atoms with Crippen molar-refractivity contribution in [1.29, 1.82) is 0 Å². The average Bonchev–Trinajstić information content (AvgIpc) is 2.70. The van der Waals surface area contributed by atoms with E-state index in [-0.39, 0.29) is 5.78 Å². The molecule has 0 N–H and O–H groups in total. The van der Waals surface area contributed by atoms with Crippen LogP contribution < -0.4 is 10.9 Å². The summed E-state index contributed by atoms with van der Waals surface area (Å²) in [6, 6.07) is 12.1. The lowest BCUT2D eigenvalue weighted by molar-refractivity contribution is 0.0755. The Morgan fingerprint density at radius 2 is 1.52 bits per heavy atom. The molecule has 1 heterocycles. The van der Waals surface area contributed by atoms with Crippen LogP contribution in [0.5, 0.6) is 0 Å². The van der Waals surface area contributed by atoms with E-state index in [1.165, 1.54) is 11.3 Å². The van der Waals surface area contributed by atoms with Crippen molar-refractivity contribution in [3.63, 3.8) is 0 Å². The number of ketones is 1. The molecule has 5 heteroatoms. The first kappa shape index (κ1) is 17.5. The standard InChI is InChI=1S/C20H19NO3S/c1-20(2,21(3)4)19(24)12-9-10-16-14(11-12)18(23)17(22)13-7-5-6-8-15(13)25-16/h5-11H,1-4H3. The molecular formula is C20H19NO3S. The molecule has 0 bridgehead atoms. The van der Waals surface area contributed by atoms with E-state index in [4.69, 9.17) is 0 Å². The zero-order chi connectivity index (χ0) is 18.4. The molecule has 4 nitrogen and oxygen atoms in total. The number of carbonyl (C=O) groups excluding carboxylic acids is 1. The second-order valence-electron chi connectivity index (χ2n) is 6.75. The third-order valence-electron chi connectivity index (χ3n) is 4.72. The van der Waals surface area contributed by atoms with Gasteiger partial charge in [-0.15, -0.1) is 11.3 Å². The van der Waals surface area contributed by atoms with E-state index in [1.54, 1.807) is 30.3 Å². The number of carbonyl (C=O) groups is 1. The lowest BCUT2D eigenvalue weighted by Gasteiger charge is -2.30. The number of fused-ring (bicyclic) bond motifs is 2. The van der Waals surface area contributed by atoms with Gasteiger partial charge in [0, 0.05) is 25.7 Å². The summed E-state index contributed by atoms with van der Waals surface area (Å²) in [5.41, 5.74) is -1.37. The number of benzene rings is 2. The largest absolute Gasteiger partial charge is 0.297 e. The predicted molar refractivity (Wildman–Crippen MR) is 104 cm³/mol. The fourth-order valence-electron chi connectivity index (χ4n) is 2.60. The summed E-state index contributed by atoms with van der Waals surface area (Å²) >= 11 is 1.38. The molecule has 0 saturated heterocycles. The van der Waals surface area contributed by atoms with Gasteiger partial charge in [0.25, 0.3) is 0 Å². The van der Waals surface area contributed by atoms with Crippen LogP contribution in [0, 0.1) is 0 Å². The summed E-state index contributed by atoms with van der Waals surface area (Å²) in [7, 11) is 3.67. The number of Topliss-reactive ketones (excluding diaryl/α,β-unsaturated/α-hetero) is 1. The molecule has 0 spiro atoms. The first-order valence-electron chi connectivity index (χ1n) is 7.95. The molecule has 0 aliphatic carbocycles. The zero-order valence-electron chi connectivity index (χ0n) is 14.6. The van der Waals surface area contributed by atoms with Gasteiger partial charge in [0.15, 0.2) is 5.78 Å². The number of hydrogen-bond acceptors (Lipinski definition) is 5. The van der Waals surface area contributed by atoms with Gasteiger partial charge in [-0.25, -0.2) is 0 Å². The second-order valence-corrected chi connectivity index (χ2v) is 7.83. The fourth-order valence-corrected chi connectivity index (χ4v) is 3.65. The van der Waals surface area contributed by atoms with E-state index in [0.717, 1.165) is 4.70 Å². The molecule has 25 heavy (non-hydrogen) atoms. The van der Waals surface area contributed by atoms with Gasteiger partial charge in [-0.05, 0) is 58.3 Å². The lowest BCUT2D eigenvalue weighted by atomic mass is 9.91. The molecule has 0 aliphatic heterocycles. The van der Waals surface area contributed by atoms with Gasteiger partial charge >= 0.3 is 0 Å². The number of likely N-dealkylation sites (N-methyl/N-ethyl adjacent to an activating group) is 1. The predicted octanol–water partition coefficient (Wildman–Crippen LogP) is 3.30. The highest BCUT2D eigenvalue weighted by molar-refractivity contribution is 7.24. The van der Waals surface area contributed by atoms with Gasteiger partial charge in [-0.3, -0.25) is 19.3 Å². The molecule has 3 rings (SSSR count). The maximum Gasteiger partial charge on any atom is 0.235 e. The topological polar surface area (TPSA) is 54.5 Å². The van der Waals surface area contributed by atoms with Crippen LogP contribution in [0.15, 0.2) is 52.1 Å². The smallest absolute Gasteiger partial charge is 0.235 e. The Kier molecular flexibility index (Phi) is 4.31. The van der Waals surface area contributed by atoms with Crippen LogP contribution in [0.25, 0.3) is 20.2 Å². The minimum Gasteiger partial charge on any atom is -0.297 e. The van der Waals surface area contributed by atoms with Crippen molar-refractivity contribution in [2.75, 3.05) is 14.1 Å². The van der Waals surface area contributed by atoms with E-state index in [1.807, 2.05) is 45.0 Å². The van der Waals surface area contributed by atoms with Crippen molar-refractivity contribution in [3.05, 3.63) is 68.5 Å². The van der Waals surface area contributed by atoms with Crippen molar-refractivity contribution in [1.82, 2.24) is 4.90 Å². The highest BCUT2D eigenvalue weighted by atomic mass is 32.1. The minimum absolute atomic E-state index is 0.0905. The van der Waals surface area contributed by atoms with Crippen LogP contribution in [-0.4, -0.2) is 30.3 Å². The molecule has 0 radical (unpaired) electrons. The van der Waals surface area contributed by atoms with Crippen LogP contribution in [0.1, 0.15) is 24.2 Å². The maximum atomic E-state index is 12.8. The Morgan fingerprint density at radius 1 is 0.920 bits per heavy atom. The molecule has 0 saturated carbocycles. The average molecular weight is 353 g/mol. The van der Waals surface area contributed by atoms with E-state index in [2.05, 4.69) is 0 Å². The van der Waals surface area contributed by atoms with Gasteiger partial charge in [-0.1, -0.05) is 12.1 Å². The molecule has 2 aromatic carbocycles. The summed E-state index contributed by atoms with van der Waals surface area (Å²) < 4.78 is 1.45. The molecule has 0 aliphatic rings. The number of nitrogens with zero attached hydrogens (tertiary/aromatic N) is 1. The molecule has 0 amide bonds.